The highest BCUT2D eigenvalue weighted by Gasteiger charge is 2.27. The van der Waals surface area contributed by atoms with Gasteiger partial charge in [-0.3, -0.25) is 4.79 Å². The minimum absolute atomic E-state index is 0.0248. The van der Waals surface area contributed by atoms with Crippen molar-refractivity contribution in [1.82, 2.24) is 10.6 Å². The van der Waals surface area contributed by atoms with Crippen LogP contribution in [0.1, 0.15) is 19.8 Å². The molecule has 1 unspecified atom stereocenters. The molecule has 1 heterocycles. The Morgan fingerprint density at radius 1 is 1.50 bits per heavy atom. The van der Waals surface area contributed by atoms with Crippen LogP contribution >= 0.6 is 0 Å². The van der Waals surface area contributed by atoms with Gasteiger partial charge in [0.25, 0.3) is 0 Å². The van der Waals surface area contributed by atoms with Crippen LogP contribution in [0.5, 0.6) is 0 Å². The number of carbonyl (C=O) groups is 2. The average molecular weight is 278 g/mol. The minimum atomic E-state index is -3.09. The molecule has 0 aromatic carbocycles. The van der Waals surface area contributed by atoms with E-state index in [-0.39, 0.29) is 24.3 Å². The molecule has 0 aromatic heterocycles. The number of carboxylic acids is 1. The molecule has 0 aromatic rings. The van der Waals surface area contributed by atoms with E-state index < -0.39 is 33.8 Å². The van der Waals surface area contributed by atoms with Gasteiger partial charge in [0.2, 0.25) is 5.91 Å². The van der Waals surface area contributed by atoms with Gasteiger partial charge in [-0.15, -0.1) is 0 Å². The van der Waals surface area contributed by atoms with Crippen LogP contribution in [-0.4, -0.2) is 55.5 Å². The lowest BCUT2D eigenvalue weighted by molar-refractivity contribution is -0.142. The van der Waals surface area contributed by atoms with Crippen molar-refractivity contribution in [3.63, 3.8) is 0 Å². The summed E-state index contributed by atoms with van der Waals surface area (Å²) in [5, 5.41) is 14.1. The first-order chi connectivity index (χ1) is 8.34. The van der Waals surface area contributed by atoms with Gasteiger partial charge in [0.05, 0.1) is 11.5 Å². The molecule has 1 aliphatic heterocycles. The second-order valence-corrected chi connectivity index (χ2v) is 6.56. The summed E-state index contributed by atoms with van der Waals surface area (Å²) in [5.74, 6) is -1.53. The SMILES string of the molecule is CC[C@H](NC(=O)CC1CS(=O)(=O)CCN1)C(=O)O. The summed E-state index contributed by atoms with van der Waals surface area (Å²) in [4.78, 5) is 22.3. The van der Waals surface area contributed by atoms with Crippen LogP contribution in [0.3, 0.4) is 0 Å². The zero-order valence-electron chi connectivity index (χ0n) is 10.2. The zero-order chi connectivity index (χ0) is 13.8. The van der Waals surface area contributed by atoms with Gasteiger partial charge in [-0.2, -0.15) is 0 Å². The summed E-state index contributed by atoms with van der Waals surface area (Å²) in [7, 11) is -3.09. The van der Waals surface area contributed by atoms with Crippen molar-refractivity contribution >= 4 is 21.7 Å². The summed E-state index contributed by atoms with van der Waals surface area (Å²) >= 11 is 0. The second-order valence-electron chi connectivity index (χ2n) is 4.34. The van der Waals surface area contributed by atoms with E-state index >= 15 is 0 Å². The van der Waals surface area contributed by atoms with Gasteiger partial charge in [0.15, 0.2) is 9.84 Å². The van der Waals surface area contributed by atoms with Gasteiger partial charge in [0, 0.05) is 19.0 Å². The Morgan fingerprint density at radius 3 is 2.67 bits per heavy atom. The third-order valence-corrected chi connectivity index (χ3v) is 4.51. The van der Waals surface area contributed by atoms with Crippen LogP contribution in [0.25, 0.3) is 0 Å². The van der Waals surface area contributed by atoms with Gasteiger partial charge in [-0.05, 0) is 6.42 Å². The summed E-state index contributed by atoms with van der Waals surface area (Å²) in [5.41, 5.74) is 0. The summed E-state index contributed by atoms with van der Waals surface area (Å²) in [6, 6.07) is -1.35. The molecule has 18 heavy (non-hydrogen) atoms. The Labute approximate surface area is 106 Å². The van der Waals surface area contributed by atoms with Crippen molar-refractivity contribution in [2.75, 3.05) is 18.1 Å². The quantitative estimate of drug-likeness (QED) is 0.579. The van der Waals surface area contributed by atoms with E-state index in [9.17, 15) is 18.0 Å². The molecular weight excluding hydrogens is 260 g/mol. The van der Waals surface area contributed by atoms with E-state index in [2.05, 4.69) is 10.6 Å². The monoisotopic (exact) mass is 278 g/mol. The highest BCUT2D eigenvalue weighted by molar-refractivity contribution is 7.91. The lowest BCUT2D eigenvalue weighted by Gasteiger charge is -2.23. The fourth-order valence-electron chi connectivity index (χ4n) is 1.81. The topological polar surface area (TPSA) is 113 Å². The Morgan fingerprint density at radius 2 is 2.17 bits per heavy atom. The van der Waals surface area contributed by atoms with Crippen molar-refractivity contribution in [2.24, 2.45) is 0 Å². The standard InChI is InChI=1S/C10H18N2O5S/c1-2-8(10(14)15)12-9(13)5-7-6-18(16,17)4-3-11-7/h7-8,11H,2-6H2,1H3,(H,12,13)(H,14,15)/t7?,8-/m0/s1. The number of carbonyl (C=O) groups excluding carboxylic acids is 1. The first-order valence-corrected chi connectivity index (χ1v) is 7.62. The van der Waals surface area contributed by atoms with Crippen molar-refractivity contribution in [1.29, 1.82) is 0 Å². The van der Waals surface area contributed by atoms with Gasteiger partial charge >= 0.3 is 5.97 Å². The number of rotatable bonds is 5. The lowest BCUT2D eigenvalue weighted by Crippen LogP contribution is -2.49. The van der Waals surface area contributed by atoms with Crippen molar-refractivity contribution < 1.29 is 23.1 Å². The van der Waals surface area contributed by atoms with Gasteiger partial charge in [-0.25, -0.2) is 13.2 Å². The molecule has 2 atom stereocenters. The second kappa shape index (κ2) is 6.14. The molecule has 0 saturated carbocycles. The molecule has 1 aliphatic rings. The average Bonchev–Trinajstić information content (AvgIpc) is 2.23. The van der Waals surface area contributed by atoms with E-state index in [1.807, 2.05) is 0 Å². The van der Waals surface area contributed by atoms with E-state index in [4.69, 9.17) is 5.11 Å². The van der Waals surface area contributed by atoms with Crippen LogP contribution in [0.2, 0.25) is 0 Å². The highest BCUT2D eigenvalue weighted by Crippen LogP contribution is 2.05. The zero-order valence-corrected chi connectivity index (χ0v) is 11.0. The van der Waals surface area contributed by atoms with E-state index in [1.165, 1.54) is 0 Å². The van der Waals surface area contributed by atoms with Crippen LogP contribution in [0.4, 0.5) is 0 Å². The van der Waals surface area contributed by atoms with Gasteiger partial charge in [0.1, 0.15) is 6.04 Å². The maximum atomic E-state index is 11.6. The number of nitrogens with one attached hydrogen (secondary N) is 2. The van der Waals surface area contributed by atoms with Crippen molar-refractivity contribution in [3.05, 3.63) is 0 Å². The highest BCUT2D eigenvalue weighted by atomic mass is 32.2. The minimum Gasteiger partial charge on any atom is -0.480 e. The molecule has 1 amide bonds. The molecule has 1 fully saturated rings. The summed E-state index contributed by atoms with van der Waals surface area (Å²) in [6.45, 7) is 1.98. The number of amides is 1. The Hall–Kier alpha value is -1.15. The lowest BCUT2D eigenvalue weighted by atomic mass is 10.2. The van der Waals surface area contributed by atoms with Crippen molar-refractivity contribution in [2.45, 2.75) is 31.8 Å². The largest absolute Gasteiger partial charge is 0.480 e. The third-order valence-electron chi connectivity index (χ3n) is 2.77. The first kappa shape index (κ1) is 14.9. The molecule has 104 valence electrons. The van der Waals surface area contributed by atoms with E-state index in [1.54, 1.807) is 6.92 Å². The smallest absolute Gasteiger partial charge is 0.326 e. The molecule has 7 nitrogen and oxygen atoms in total. The van der Waals surface area contributed by atoms with Crippen molar-refractivity contribution in [3.8, 4) is 0 Å². The Bertz CT molecular complexity index is 420. The molecule has 1 saturated heterocycles. The normalized spacial score (nSPS) is 24.2. The molecule has 8 heteroatoms. The van der Waals surface area contributed by atoms with Crippen LogP contribution in [-0.2, 0) is 19.4 Å². The Balaban J connectivity index is 2.47. The molecule has 0 aliphatic carbocycles. The first-order valence-electron chi connectivity index (χ1n) is 5.80. The van der Waals surface area contributed by atoms with Crippen LogP contribution in [0.15, 0.2) is 0 Å². The van der Waals surface area contributed by atoms with Crippen LogP contribution < -0.4 is 10.6 Å². The number of aliphatic carboxylic acids is 1. The number of hydrogen-bond donors (Lipinski definition) is 3. The number of carboxylic acid groups (broad SMARTS) is 1. The van der Waals surface area contributed by atoms with Gasteiger partial charge < -0.3 is 15.7 Å². The van der Waals surface area contributed by atoms with Gasteiger partial charge in [-0.1, -0.05) is 6.92 Å². The predicted octanol–water partition coefficient (Wildman–Crippen LogP) is -1.26. The third kappa shape index (κ3) is 4.61. The number of sulfone groups is 1. The number of hydrogen-bond acceptors (Lipinski definition) is 5. The maximum Gasteiger partial charge on any atom is 0.326 e. The molecular formula is C10H18N2O5S. The summed E-state index contributed by atoms with van der Waals surface area (Å²) in [6.07, 6.45) is 0.264. The fraction of sp³-hybridized carbons (Fsp3) is 0.800. The van der Waals surface area contributed by atoms with E-state index in [0.717, 1.165) is 0 Å². The molecule has 1 rings (SSSR count). The molecule has 3 N–H and O–H groups in total. The molecule has 0 radical (unpaired) electrons. The maximum absolute atomic E-state index is 11.6. The Kier molecular flexibility index (Phi) is 5.09. The predicted molar refractivity (Wildman–Crippen MR) is 64.9 cm³/mol. The molecule has 0 spiro atoms. The van der Waals surface area contributed by atoms with Crippen LogP contribution in [0, 0.1) is 0 Å². The van der Waals surface area contributed by atoms with E-state index in [0.29, 0.717) is 6.54 Å². The molecule has 0 bridgehead atoms. The fourth-order valence-corrected chi connectivity index (χ4v) is 3.26. The summed E-state index contributed by atoms with van der Waals surface area (Å²) < 4.78 is 22.7.